The summed E-state index contributed by atoms with van der Waals surface area (Å²) in [7, 11) is 0. The van der Waals surface area contributed by atoms with Gasteiger partial charge in [0.15, 0.2) is 0 Å². The number of cyclic esters (lactones) is 1. The highest BCUT2D eigenvalue weighted by molar-refractivity contribution is 5.76. The SMILES string of the molecule is CC1CC2CC1C1C3CC(C4COC(=O)C43)[C@@H]21. The summed E-state index contributed by atoms with van der Waals surface area (Å²) in [5.74, 6) is 7.41. The van der Waals surface area contributed by atoms with Crippen LogP contribution in [-0.2, 0) is 9.53 Å². The minimum atomic E-state index is 0.149. The predicted octanol–water partition coefficient (Wildman–Crippen LogP) is 2.33. The van der Waals surface area contributed by atoms with E-state index < -0.39 is 0 Å². The molecule has 2 nitrogen and oxygen atoms in total. The van der Waals surface area contributed by atoms with Crippen LogP contribution in [0, 0.1) is 53.3 Å². The van der Waals surface area contributed by atoms with Gasteiger partial charge in [-0.3, -0.25) is 4.79 Å². The van der Waals surface area contributed by atoms with Crippen LogP contribution >= 0.6 is 0 Å². The summed E-state index contributed by atoms with van der Waals surface area (Å²) in [4.78, 5) is 11.9. The maximum absolute atomic E-state index is 11.9. The molecule has 9 atom stereocenters. The second-order valence-electron chi connectivity index (χ2n) is 7.41. The summed E-state index contributed by atoms with van der Waals surface area (Å²) in [5, 5.41) is 0. The second-order valence-corrected chi connectivity index (χ2v) is 7.41. The van der Waals surface area contributed by atoms with Crippen LogP contribution in [0.15, 0.2) is 0 Å². The predicted molar refractivity (Wildman–Crippen MR) is 61.9 cm³/mol. The molecule has 0 spiro atoms. The molecular formula is C15H20O2. The largest absolute Gasteiger partial charge is 0.465 e. The molecule has 17 heavy (non-hydrogen) atoms. The van der Waals surface area contributed by atoms with Gasteiger partial charge in [-0.25, -0.2) is 0 Å². The lowest BCUT2D eigenvalue weighted by atomic mass is 9.62. The van der Waals surface area contributed by atoms with Gasteiger partial charge in [-0.15, -0.1) is 0 Å². The number of esters is 1. The van der Waals surface area contributed by atoms with E-state index in [1.807, 2.05) is 0 Å². The van der Waals surface area contributed by atoms with Gasteiger partial charge in [0.2, 0.25) is 0 Å². The quantitative estimate of drug-likeness (QED) is 0.473. The Bertz CT molecular complexity index is 404. The van der Waals surface area contributed by atoms with Crippen molar-refractivity contribution in [3.8, 4) is 0 Å². The average Bonchev–Trinajstić information content (AvgIpc) is 2.99. The van der Waals surface area contributed by atoms with Gasteiger partial charge >= 0.3 is 5.97 Å². The van der Waals surface area contributed by atoms with Gasteiger partial charge in [0.25, 0.3) is 0 Å². The molecule has 1 aliphatic heterocycles. The van der Waals surface area contributed by atoms with Crippen LogP contribution in [0.3, 0.4) is 0 Å². The number of hydrogen-bond donors (Lipinski definition) is 0. The molecule has 4 bridgehead atoms. The van der Waals surface area contributed by atoms with Crippen LogP contribution in [0.5, 0.6) is 0 Å². The Morgan fingerprint density at radius 2 is 1.88 bits per heavy atom. The summed E-state index contributed by atoms with van der Waals surface area (Å²) in [5.41, 5.74) is 0. The zero-order valence-corrected chi connectivity index (χ0v) is 10.3. The number of hydrogen-bond acceptors (Lipinski definition) is 2. The first-order valence-corrected chi connectivity index (χ1v) is 7.42. The van der Waals surface area contributed by atoms with Crippen LogP contribution in [0.2, 0.25) is 0 Å². The number of ether oxygens (including phenoxy) is 1. The second kappa shape index (κ2) is 2.73. The molecule has 0 N–H and O–H groups in total. The van der Waals surface area contributed by atoms with Gasteiger partial charge < -0.3 is 4.74 Å². The van der Waals surface area contributed by atoms with Crippen molar-refractivity contribution in [1.29, 1.82) is 0 Å². The fourth-order valence-corrected chi connectivity index (χ4v) is 6.93. The molecule has 4 aliphatic carbocycles. The summed E-state index contributed by atoms with van der Waals surface area (Å²) in [6, 6.07) is 0. The Balaban J connectivity index is 1.58. The molecule has 0 aromatic rings. The van der Waals surface area contributed by atoms with Crippen molar-refractivity contribution < 1.29 is 9.53 Å². The van der Waals surface area contributed by atoms with E-state index in [1.165, 1.54) is 19.3 Å². The summed E-state index contributed by atoms with van der Waals surface area (Å²) < 4.78 is 5.34. The number of rotatable bonds is 0. The van der Waals surface area contributed by atoms with Crippen LogP contribution in [0.4, 0.5) is 0 Å². The van der Waals surface area contributed by atoms with E-state index in [9.17, 15) is 4.79 Å². The summed E-state index contributed by atoms with van der Waals surface area (Å²) in [6.45, 7) is 3.19. The minimum Gasteiger partial charge on any atom is -0.465 e. The minimum absolute atomic E-state index is 0.149. The molecule has 5 rings (SSSR count). The Morgan fingerprint density at radius 1 is 1.00 bits per heavy atom. The van der Waals surface area contributed by atoms with Gasteiger partial charge in [-0.05, 0) is 60.7 Å². The first kappa shape index (κ1) is 9.41. The van der Waals surface area contributed by atoms with Crippen LogP contribution in [0.25, 0.3) is 0 Å². The molecule has 0 radical (unpaired) electrons. The van der Waals surface area contributed by atoms with E-state index in [1.54, 1.807) is 0 Å². The number of carbonyl (C=O) groups is 1. The van der Waals surface area contributed by atoms with E-state index in [0.717, 1.165) is 42.1 Å². The Morgan fingerprint density at radius 3 is 2.76 bits per heavy atom. The lowest BCUT2D eigenvalue weighted by Crippen LogP contribution is -2.40. The van der Waals surface area contributed by atoms with Crippen molar-refractivity contribution in [3.05, 3.63) is 0 Å². The normalized spacial score (nSPS) is 66.2. The van der Waals surface area contributed by atoms with Gasteiger partial charge in [-0.1, -0.05) is 6.92 Å². The summed E-state index contributed by atoms with van der Waals surface area (Å²) in [6.07, 6.45) is 4.32. The van der Waals surface area contributed by atoms with E-state index in [4.69, 9.17) is 4.74 Å². The third-order valence-electron chi connectivity index (χ3n) is 7.16. The van der Waals surface area contributed by atoms with E-state index in [-0.39, 0.29) is 5.97 Å². The van der Waals surface area contributed by atoms with Gasteiger partial charge in [0.05, 0.1) is 12.5 Å². The standard InChI is InChI=1S/C15H20O2/c1-6-2-7-3-8(6)13-10-4-9(12(7)13)11-5-17-15(16)14(10)11/h6-14H,2-5H2,1H3/t6?,7?,8?,9?,10?,11?,12-,13?,14?/m1/s1. The molecule has 0 aromatic heterocycles. The molecule has 92 valence electrons. The van der Waals surface area contributed by atoms with Crippen molar-refractivity contribution in [3.63, 3.8) is 0 Å². The van der Waals surface area contributed by atoms with E-state index >= 15 is 0 Å². The van der Waals surface area contributed by atoms with Crippen LogP contribution in [-0.4, -0.2) is 12.6 Å². The lowest BCUT2D eigenvalue weighted by molar-refractivity contribution is -0.143. The molecule has 1 heterocycles. The van der Waals surface area contributed by atoms with Crippen molar-refractivity contribution >= 4 is 5.97 Å². The highest BCUT2D eigenvalue weighted by Gasteiger charge is 2.69. The topological polar surface area (TPSA) is 26.3 Å². The number of fused-ring (bicyclic) bond motifs is 12. The van der Waals surface area contributed by atoms with Crippen LogP contribution in [0.1, 0.15) is 26.2 Å². The first-order valence-electron chi connectivity index (χ1n) is 7.42. The van der Waals surface area contributed by atoms with Crippen molar-refractivity contribution in [2.45, 2.75) is 26.2 Å². The zero-order chi connectivity index (χ0) is 11.3. The molecule has 8 unspecified atom stereocenters. The molecule has 0 amide bonds. The maximum Gasteiger partial charge on any atom is 0.309 e. The molecular weight excluding hydrogens is 212 g/mol. The van der Waals surface area contributed by atoms with Crippen LogP contribution < -0.4 is 0 Å². The molecule has 2 heteroatoms. The Labute approximate surface area is 102 Å². The maximum atomic E-state index is 11.9. The fraction of sp³-hybridized carbons (Fsp3) is 0.933. The first-order chi connectivity index (χ1) is 8.25. The smallest absolute Gasteiger partial charge is 0.309 e. The highest BCUT2D eigenvalue weighted by atomic mass is 16.5. The highest BCUT2D eigenvalue weighted by Crippen LogP contribution is 2.72. The number of carbonyl (C=O) groups excluding carboxylic acids is 1. The third-order valence-corrected chi connectivity index (χ3v) is 7.16. The summed E-state index contributed by atoms with van der Waals surface area (Å²) >= 11 is 0. The molecule has 4 saturated carbocycles. The van der Waals surface area contributed by atoms with Gasteiger partial charge in [-0.2, -0.15) is 0 Å². The van der Waals surface area contributed by atoms with Crippen molar-refractivity contribution in [2.75, 3.05) is 6.61 Å². The van der Waals surface area contributed by atoms with Crippen molar-refractivity contribution in [2.24, 2.45) is 53.3 Å². The molecule has 5 fully saturated rings. The monoisotopic (exact) mass is 232 g/mol. The lowest BCUT2D eigenvalue weighted by Gasteiger charge is -2.41. The Hall–Kier alpha value is -0.530. The third kappa shape index (κ3) is 0.880. The average molecular weight is 232 g/mol. The fourth-order valence-electron chi connectivity index (χ4n) is 6.93. The Kier molecular flexibility index (Phi) is 1.51. The van der Waals surface area contributed by atoms with Gasteiger partial charge in [0, 0.05) is 5.92 Å². The zero-order valence-electron chi connectivity index (χ0n) is 10.3. The molecule has 5 aliphatic rings. The van der Waals surface area contributed by atoms with E-state index in [0.29, 0.717) is 17.8 Å². The van der Waals surface area contributed by atoms with Gasteiger partial charge in [0.1, 0.15) is 0 Å². The molecule has 0 aromatic carbocycles. The molecule has 1 saturated heterocycles. The van der Waals surface area contributed by atoms with Crippen molar-refractivity contribution in [1.82, 2.24) is 0 Å². The van der Waals surface area contributed by atoms with E-state index in [2.05, 4.69) is 6.92 Å².